The molecule has 22 heavy (non-hydrogen) atoms. The molecular weight excluding hydrogens is 286 g/mol. The fraction of sp³-hybridized carbons (Fsp3) is 0.400. The van der Waals surface area contributed by atoms with Crippen LogP contribution in [0.4, 0.5) is 0 Å². The molecule has 7 nitrogen and oxygen atoms in total. The van der Waals surface area contributed by atoms with Crippen molar-refractivity contribution in [3.63, 3.8) is 0 Å². The van der Waals surface area contributed by atoms with Gasteiger partial charge < -0.3 is 19.0 Å². The molecule has 1 saturated heterocycles. The molecule has 1 fully saturated rings. The first-order chi connectivity index (χ1) is 10.8. The summed E-state index contributed by atoms with van der Waals surface area (Å²) in [6.07, 6.45) is 6.34. The molecule has 3 rings (SSSR count). The van der Waals surface area contributed by atoms with Crippen molar-refractivity contribution >= 4 is 12.0 Å². The zero-order valence-electron chi connectivity index (χ0n) is 12.0. The molecule has 0 unspecified atom stereocenters. The Morgan fingerprint density at radius 1 is 1.41 bits per heavy atom. The predicted octanol–water partition coefficient (Wildman–Crippen LogP) is 1.89. The zero-order chi connectivity index (χ0) is 15.2. The Morgan fingerprint density at radius 2 is 2.27 bits per heavy atom. The number of aromatic nitrogens is 2. The quantitative estimate of drug-likeness (QED) is 0.848. The molecule has 1 aliphatic rings. The lowest BCUT2D eigenvalue weighted by molar-refractivity contribution is -0.116. The van der Waals surface area contributed by atoms with E-state index in [9.17, 15) is 4.79 Å². The van der Waals surface area contributed by atoms with E-state index in [1.807, 2.05) is 0 Å². The zero-order valence-corrected chi connectivity index (χ0v) is 12.0. The lowest BCUT2D eigenvalue weighted by Crippen LogP contribution is -2.20. The molecule has 0 aromatic carbocycles. The summed E-state index contributed by atoms with van der Waals surface area (Å²) in [4.78, 5) is 16.0. The smallest absolute Gasteiger partial charge is 0.246 e. The maximum absolute atomic E-state index is 11.7. The molecule has 7 heteroatoms. The minimum Gasteiger partial charge on any atom is -0.465 e. The third-order valence-electron chi connectivity index (χ3n) is 3.43. The number of nitrogens with zero attached hydrogens (tertiary/aromatic N) is 2. The number of rotatable bonds is 5. The van der Waals surface area contributed by atoms with Crippen LogP contribution in [-0.4, -0.2) is 29.3 Å². The minimum absolute atomic E-state index is 0.206. The van der Waals surface area contributed by atoms with Gasteiger partial charge in [-0.3, -0.25) is 4.79 Å². The summed E-state index contributed by atoms with van der Waals surface area (Å²) in [5.41, 5.74) is 0. The van der Waals surface area contributed by atoms with E-state index < -0.39 is 0 Å². The van der Waals surface area contributed by atoms with Gasteiger partial charge in [0.2, 0.25) is 11.8 Å². The maximum Gasteiger partial charge on any atom is 0.246 e. The molecule has 1 amide bonds. The van der Waals surface area contributed by atoms with Gasteiger partial charge in [0.15, 0.2) is 5.82 Å². The van der Waals surface area contributed by atoms with Crippen molar-refractivity contribution in [2.45, 2.75) is 25.3 Å². The van der Waals surface area contributed by atoms with Gasteiger partial charge in [-0.15, -0.1) is 0 Å². The molecule has 2 aromatic rings. The molecule has 2 aromatic heterocycles. The Hall–Kier alpha value is -2.41. The normalized spacial score (nSPS) is 16.2. The van der Waals surface area contributed by atoms with E-state index in [4.69, 9.17) is 13.7 Å². The number of furan rings is 1. The first kappa shape index (κ1) is 14.5. The van der Waals surface area contributed by atoms with Crippen molar-refractivity contribution in [3.05, 3.63) is 41.9 Å². The Bertz CT molecular complexity index is 627. The molecule has 0 bridgehead atoms. The third-order valence-corrected chi connectivity index (χ3v) is 3.43. The van der Waals surface area contributed by atoms with E-state index in [1.54, 1.807) is 24.5 Å². The van der Waals surface area contributed by atoms with E-state index in [1.165, 1.54) is 6.08 Å². The second kappa shape index (κ2) is 7.04. The highest BCUT2D eigenvalue weighted by molar-refractivity contribution is 5.91. The van der Waals surface area contributed by atoms with E-state index in [0.29, 0.717) is 17.5 Å². The fourth-order valence-corrected chi connectivity index (χ4v) is 2.23. The Morgan fingerprint density at radius 3 is 3.05 bits per heavy atom. The molecule has 3 heterocycles. The summed E-state index contributed by atoms with van der Waals surface area (Å²) in [7, 11) is 0. The van der Waals surface area contributed by atoms with E-state index >= 15 is 0 Å². The monoisotopic (exact) mass is 303 g/mol. The summed E-state index contributed by atoms with van der Waals surface area (Å²) in [5.74, 6) is 1.75. The molecule has 1 N–H and O–H groups in total. The van der Waals surface area contributed by atoms with Crippen LogP contribution in [-0.2, 0) is 16.1 Å². The summed E-state index contributed by atoms with van der Waals surface area (Å²) in [5, 5.41) is 6.67. The fourth-order valence-electron chi connectivity index (χ4n) is 2.23. The summed E-state index contributed by atoms with van der Waals surface area (Å²) in [6.45, 7) is 1.66. The van der Waals surface area contributed by atoms with E-state index in [2.05, 4.69) is 15.5 Å². The van der Waals surface area contributed by atoms with Gasteiger partial charge in [0.05, 0.1) is 12.8 Å². The number of hydrogen-bond acceptors (Lipinski definition) is 6. The van der Waals surface area contributed by atoms with Crippen LogP contribution in [0.5, 0.6) is 0 Å². The Labute approximate surface area is 127 Å². The second-order valence-electron chi connectivity index (χ2n) is 5.00. The van der Waals surface area contributed by atoms with E-state index in [-0.39, 0.29) is 18.4 Å². The van der Waals surface area contributed by atoms with Crippen LogP contribution in [0.1, 0.15) is 36.2 Å². The van der Waals surface area contributed by atoms with Crippen LogP contribution in [0.3, 0.4) is 0 Å². The number of carbonyl (C=O) groups is 1. The SMILES string of the molecule is O=C(/C=C/c1ccco1)NCc1nc(C2CCOCC2)no1. The molecular formula is C15H17N3O4. The van der Waals surface area contributed by atoms with Gasteiger partial charge in [0.1, 0.15) is 5.76 Å². The molecule has 1 aliphatic heterocycles. The van der Waals surface area contributed by atoms with Crippen LogP contribution < -0.4 is 5.32 Å². The Kier molecular flexibility index (Phi) is 4.65. The highest BCUT2D eigenvalue weighted by Gasteiger charge is 2.21. The van der Waals surface area contributed by atoms with Crippen LogP contribution in [0, 0.1) is 0 Å². The highest BCUT2D eigenvalue weighted by atomic mass is 16.5. The average molecular weight is 303 g/mol. The number of hydrogen-bond donors (Lipinski definition) is 1. The van der Waals surface area contributed by atoms with Crippen molar-refractivity contribution in [1.29, 1.82) is 0 Å². The van der Waals surface area contributed by atoms with Gasteiger partial charge in [-0.1, -0.05) is 5.16 Å². The molecule has 0 aliphatic carbocycles. The minimum atomic E-state index is -0.248. The largest absolute Gasteiger partial charge is 0.465 e. The lowest BCUT2D eigenvalue weighted by Gasteiger charge is -2.18. The van der Waals surface area contributed by atoms with E-state index in [0.717, 1.165) is 26.1 Å². The van der Waals surface area contributed by atoms with Crippen LogP contribution >= 0.6 is 0 Å². The third kappa shape index (κ3) is 3.82. The molecule has 0 atom stereocenters. The standard InChI is InChI=1S/C15H17N3O4/c19-13(4-3-12-2-1-7-21-12)16-10-14-17-15(18-22-14)11-5-8-20-9-6-11/h1-4,7,11H,5-6,8-10H2,(H,16,19)/b4-3+. The van der Waals surface area contributed by atoms with Gasteiger partial charge >= 0.3 is 0 Å². The molecule has 116 valence electrons. The Balaban J connectivity index is 1.49. The summed E-state index contributed by atoms with van der Waals surface area (Å²) in [6, 6.07) is 3.52. The lowest BCUT2D eigenvalue weighted by atomic mass is 10.00. The summed E-state index contributed by atoms with van der Waals surface area (Å²) >= 11 is 0. The number of ether oxygens (including phenoxy) is 1. The molecule has 0 spiro atoms. The van der Waals surface area contributed by atoms with Crippen LogP contribution in [0.15, 0.2) is 33.4 Å². The van der Waals surface area contributed by atoms with Gasteiger partial charge in [-0.05, 0) is 31.1 Å². The number of amides is 1. The van der Waals surface area contributed by atoms with Gasteiger partial charge in [-0.25, -0.2) is 0 Å². The first-order valence-corrected chi connectivity index (χ1v) is 7.21. The van der Waals surface area contributed by atoms with Gasteiger partial charge in [0.25, 0.3) is 0 Å². The van der Waals surface area contributed by atoms with Crippen molar-refractivity contribution < 1.29 is 18.5 Å². The maximum atomic E-state index is 11.7. The van der Waals surface area contributed by atoms with Crippen molar-refractivity contribution in [3.8, 4) is 0 Å². The van der Waals surface area contributed by atoms with Crippen LogP contribution in [0.25, 0.3) is 6.08 Å². The van der Waals surface area contributed by atoms with Crippen LogP contribution in [0.2, 0.25) is 0 Å². The molecule has 0 saturated carbocycles. The summed E-state index contributed by atoms with van der Waals surface area (Å²) < 4.78 is 15.6. The second-order valence-corrected chi connectivity index (χ2v) is 5.00. The van der Waals surface area contributed by atoms with Gasteiger partial charge in [-0.2, -0.15) is 4.98 Å². The van der Waals surface area contributed by atoms with Crippen molar-refractivity contribution in [1.82, 2.24) is 15.5 Å². The van der Waals surface area contributed by atoms with Crippen molar-refractivity contribution in [2.75, 3.05) is 13.2 Å². The first-order valence-electron chi connectivity index (χ1n) is 7.21. The average Bonchev–Trinajstić information content (AvgIpc) is 3.23. The molecule has 0 radical (unpaired) electrons. The highest BCUT2D eigenvalue weighted by Crippen LogP contribution is 2.24. The van der Waals surface area contributed by atoms with Crippen molar-refractivity contribution in [2.24, 2.45) is 0 Å². The number of carbonyl (C=O) groups excluding carboxylic acids is 1. The topological polar surface area (TPSA) is 90.4 Å². The predicted molar refractivity (Wildman–Crippen MR) is 76.7 cm³/mol. The number of nitrogens with one attached hydrogen (secondary N) is 1. The van der Waals surface area contributed by atoms with Gasteiger partial charge in [0, 0.05) is 25.2 Å².